The first-order valence-electron chi connectivity index (χ1n) is 3.04. The van der Waals surface area contributed by atoms with Gasteiger partial charge in [0.25, 0.3) is 0 Å². The zero-order chi connectivity index (χ0) is 8.27. The first-order valence-corrected chi connectivity index (χ1v) is 3.84. The Kier molecular flexibility index (Phi) is 2.50. The van der Waals surface area contributed by atoms with Crippen molar-refractivity contribution in [2.75, 3.05) is 0 Å². The number of hydrogen-bond acceptors (Lipinski definition) is 1. The summed E-state index contributed by atoms with van der Waals surface area (Å²) in [5.41, 5.74) is 0.907. The summed E-state index contributed by atoms with van der Waals surface area (Å²) in [5, 5.41) is 9.09. The van der Waals surface area contributed by atoms with Gasteiger partial charge in [0.15, 0.2) is 0 Å². The van der Waals surface area contributed by atoms with E-state index in [2.05, 4.69) is 20.8 Å². The maximum atomic E-state index is 9.09. The van der Waals surface area contributed by atoms with Crippen LogP contribution in [0, 0.1) is 6.57 Å². The molecule has 0 saturated carbocycles. The van der Waals surface area contributed by atoms with Crippen LogP contribution < -0.4 is 0 Å². The zero-order valence-electron chi connectivity index (χ0n) is 5.71. The van der Waals surface area contributed by atoms with E-state index in [0.717, 1.165) is 5.56 Å². The lowest BCUT2D eigenvalue weighted by Crippen LogP contribution is -1.78. The normalized spacial score (nSPS) is 9.09. The summed E-state index contributed by atoms with van der Waals surface area (Å²) in [7, 11) is 0. The summed E-state index contributed by atoms with van der Waals surface area (Å²) in [6.45, 7) is 6.97. The van der Waals surface area contributed by atoms with Gasteiger partial charge in [-0.15, -0.1) is 0 Å². The number of rotatable bonds is 1. The van der Waals surface area contributed by atoms with Crippen molar-refractivity contribution in [2.24, 2.45) is 0 Å². The predicted molar refractivity (Wildman–Crippen MR) is 46.1 cm³/mol. The fourth-order valence-corrected chi connectivity index (χ4v) is 1.17. The SMILES string of the molecule is [C-]#[N+]Cc1ccc(O)c(Br)c1. The second-order valence-electron chi connectivity index (χ2n) is 2.10. The van der Waals surface area contributed by atoms with Crippen molar-refractivity contribution in [1.29, 1.82) is 0 Å². The topological polar surface area (TPSA) is 24.6 Å². The van der Waals surface area contributed by atoms with Crippen LogP contribution in [-0.4, -0.2) is 5.11 Å². The molecule has 0 aromatic heterocycles. The first-order chi connectivity index (χ1) is 5.24. The Hall–Kier alpha value is -1.01. The van der Waals surface area contributed by atoms with Gasteiger partial charge in [-0.05, 0) is 34.1 Å². The van der Waals surface area contributed by atoms with Crippen molar-refractivity contribution >= 4 is 15.9 Å². The molecule has 0 spiro atoms. The van der Waals surface area contributed by atoms with Gasteiger partial charge in [0.2, 0.25) is 6.54 Å². The first kappa shape index (κ1) is 8.09. The molecule has 0 fully saturated rings. The number of nitrogens with zero attached hydrogens (tertiary/aromatic N) is 1. The Bertz CT molecular complexity index is 303. The van der Waals surface area contributed by atoms with E-state index in [4.69, 9.17) is 11.7 Å². The number of halogens is 1. The largest absolute Gasteiger partial charge is 0.507 e. The van der Waals surface area contributed by atoms with Gasteiger partial charge in [-0.3, -0.25) is 0 Å². The lowest BCUT2D eigenvalue weighted by atomic mass is 10.2. The van der Waals surface area contributed by atoms with Crippen molar-refractivity contribution in [3.8, 4) is 5.75 Å². The molecule has 2 nitrogen and oxygen atoms in total. The zero-order valence-corrected chi connectivity index (χ0v) is 7.30. The average Bonchev–Trinajstić information content (AvgIpc) is 1.98. The van der Waals surface area contributed by atoms with E-state index >= 15 is 0 Å². The Labute approximate surface area is 73.4 Å². The van der Waals surface area contributed by atoms with Crippen LogP contribution >= 0.6 is 15.9 Å². The fraction of sp³-hybridized carbons (Fsp3) is 0.125. The molecule has 0 aliphatic carbocycles. The summed E-state index contributed by atoms with van der Waals surface area (Å²) < 4.78 is 0.638. The summed E-state index contributed by atoms with van der Waals surface area (Å²) in [6, 6.07) is 5.05. The van der Waals surface area contributed by atoms with Gasteiger partial charge in [-0.2, -0.15) is 0 Å². The van der Waals surface area contributed by atoms with Crippen molar-refractivity contribution in [2.45, 2.75) is 6.54 Å². The third-order valence-corrected chi connectivity index (χ3v) is 1.91. The van der Waals surface area contributed by atoms with E-state index in [1.165, 1.54) is 0 Å². The molecule has 0 saturated heterocycles. The standard InChI is InChI=1S/C8H6BrNO/c1-10-5-6-2-3-8(11)7(9)4-6/h2-4,11H,5H2. The van der Waals surface area contributed by atoms with E-state index < -0.39 is 0 Å². The number of benzene rings is 1. The van der Waals surface area contributed by atoms with Crippen LogP contribution in [0.5, 0.6) is 5.75 Å². The third-order valence-electron chi connectivity index (χ3n) is 1.27. The number of hydrogen-bond donors (Lipinski definition) is 1. The van der Waals surface area contributed by atoms with Crippen molar-refractivity contribution < 1.29 is 5.11 Å². The molecule has 0 heterocycles. The summed E-state index contributed by atoms with van der Waals surface area (Å²) in [6.07, 6.45) is 0. The van der Waals surface area contributed by atoms with Gasteiger partial charge in [-0.1, -0.05) is 0 Å². The summed E-state index contributed by atoms with van der Waals surface area (Å²) in [5.74, 6) is 0.207. The highest BCUT2D eigenvalue weighted by Gasteiger charge is 1.99. The van der Waals surface area contributed by atoms with Crippen LogP contribution in [0.25, 0.3) is 4.85 Å². The van der Waals surface area contributed by atoms with E-state index in [0.29, 0.717) is 11.0 Å². The average molecular weight is 212 g/mol. The van der Waals surface area contributed by atoms with E-state index in [1.807, 2.05) is 0 Å². The van der Waals surface area contributed by atoms with Crippen LogP contribution in [-0.2, 0) is 6.54 Å². The molecule has 0 radical (unpaired) electrons. The maximum Gasteiger partial charge on any atom is 0.239 e. The molecular weight excluding hydrogens is 206 g/mol. The second kappa shape index (κ2) is 3.40. The van der Waals surface area contributed by atoms with Gasteiger partial charge in [-0.25, -0.2) is 6.57 Å². The van der Waals surface area contributed by atoms with Crippen molar-refractivity contribution in [1.82, 2.24) is 0 Å². The Morgan fingerprint density at radius 1 is 1.55 bits per heavy atom. The van der Waals surface area contributed by atoms with Gasteiger partial charge >= 0.3 is 0 Å². The molecule has 3 heteroatoms. The molecule has 0 aliphatic rings. The molecule has 0 aliphatic heterocycles. The van der Waals surface area contributed by atoms with Gasteiger partial charge in [0, 0.05) is 5.56 Å². The molecule has 0 atom stereocenters. The third kappa shape index (κ3) is 1.95. The molecule has 0 amide bonds. The van der Waals surface area contributed by atoms with Crippen LogP contribution in [0.15, 0.2) is 22.7 Å². The predicted octanol–water partition coefficient (Wildman–Crippen LogP) is 2.57. The molecule has 11 heavy (non-hydrogen) atoms. The molecule has 1 aromatic rings. The lowest BCUT2D eigenvalue weighted by molar-refractivity contribution is 0.471. The lowest BCUT2D eigenvalue weighted by Gasteiger charge is -1.96. The molecule has 1 aromatic carbocycles. The van der Waals surface area contributed by atoms with Crippen molar-refractivity contribution in [3.05, 3.63) is 39.7 Å². The molecule has 56 valence electrons. The smallest absolute Gasteiger partial charge is 0.239 e. The van der Waals surface area contributed by atoms with Crippen LogP contribution in [0.3, 0.4) is 0 Å². The Morgan fingerprint density at radius 2 is 2.27 bits per heavy atom. The minimum Gasteiger partial charge on any atom is -0.507 e. The van der Waals surface area contributed by atoms with Crippen LogP contribution in [0.2, 0.25) is 0 Å². The Balaban J connectivity index is 2.98. The molecule has 1 rings (SSSR count). The number of phenolic OH excluding ortho intramolecular Hbond substituents is 1. The highest BCUT2D eigenvalue weighted by molar-refractivity contribution is 9.10. The number of phenols is 1. The minimum atomic E-state index is 0.207. The maximum absolute atomic E-state index is 9.09. The molecule has 0 unspecified atom stereocenters. The van der Waals surface area contributed by atoms with Crippen LogP contribution in [0.4, 0.5) is 0 Å². The minimum absolute atomic E-state index is 0.207. The number of aromatic hydroxyl groups is 1. The van der Waals surface area contributed by atoms with E-state index in [-0.39, 0.29) is 5.75 Å². The molecule has 1 N–H and O–H groups in total. The summed E-state index contributed by atoms with van der Waals surface area (Å²) in [4.78, 5) is 3.22. The van der Waals surface area contributed by atoms with Gasteiger partial charge in [0.05, 0.1) is 4.47 Å². The van der Waals surface area contributed by atoms with E-state index in [9.17, 15) is 0 Å². The Morgan fingerprint density at radius 3 is 2.82 bits per heavy atom. The molecule has 0 bridgehead atoms. The van der Waals surface area contributed by atoms with Gasteiger partial charge in [0.1, 0.15) is 5.75 Å². The molecular formula is C8H6BrNO. The van der Waals surface area contributed by atoms with Gasteiger partial charge < -0.3 is 9.95 Å². The second-order valence-corrected chi connectivity index (χ2v) is 2.96. The fourth-order valence-electron chi connectivity index (χ4n) is 0.740. The highest BCUT2D eigenvalue weighted by atomic mass is 79.9. The highest BCUT2D eigenvalue weighted by Crippen LogP contribution is 2.24. The monoisotopic (exact) mass is 211 g/mol. The van der Waals surface area contributed by atoms with Crippen molar-refractivity contribution in [3.63, 3.8) is 0 Å². The quantitative estimate of drug-likeness (QED) is 0.711. The van der Waals surface area contributed by atoms with Crippen LogP contribution in [0.1, 0.15) is 5.56 Å². The summed E-state index contributed by atoms with van der Waals surface area (Å²) >= 11 is 3.16. The van der Waals surface area contributed by atoms with E-state index in [1.54, 1.807) is 18.2 Å².